The highest BCUT2D eigenvalue weighted by Crippen LogP contribution is 2.21. The van der Waals surface area contributed by atoms with Gasteiger partial charge in [0.15, 0.2) is 0 Å². The van der Waals surface area contributed by atoms with Crippen molar-refractivity contribution in [3.63, 3.8) is 0 Å². The smallest absolute Gasteiger partial charge is 0.116 e. The van der Waals surface area contributed by atoms with E-state index in [9.17, 15) is 5.11 Å². The van der Waals surface area contributed by atoms with E-state index in [4.69, 9.17) is 0 Å². The van der Waals surface area contributed by atoms with Crippen LogP contribution in [0, 0.1) is 0 Å². The minimum absolute atomic E-state index is 0.292. The number of benzene rings is 3. The molecule has 0 unspecified atom stereocenters. The first kappa shape index (κ1) is 11.5. The summed E-state index contributed by atoms with van der Waals surface area (Å²) in [5.74, 6) is 0.292. The molecule has 1 N–H and O–H groups in total. The molecular formula is C18H14O. The molecule has 0 aromatic heterocycles. The van der Waals surface area contributed by atoms with Gasteiger partial charge >= 0.3 is 0 Å². The average Bonchev–Trinajstić information content (AvgIpc) is 2.45. The van der Waals surface area contributed by atoms with Crippen LogP contribution in [0.3, 0.4) is 0 Å². The zero-order valence-electron chi connectivity index (χ0n) is 10.5. The van der Waals surface area contributed by atoms with E-state index < -0.39 is 0 Å². The molecule has 0 heterocycles. The first-order chi connectivity index (χ1) is 9.33. The summed E-state index contributed by atoms with van der Waals surface area (Å²) >= 11 is 0. The molecular weight excluding hydrogens is 232 g/mol. The van der Waals surface area contributed by atoms with Crippen molar-refractivity contribution in [3.05, 3.63) is 77.9 Å². The summed E-state index contributed by atoms with van der Waals surface area (Å²) in [6.45, 7) is 0. The Morgan fingerprint density at radius 1 is 0.737 bits per heavy atom. The number of hydrogen-bond acceptors (Lipinski definition) is 1. The zero-order valence-corrected chi connectivity index (χ0v) is 10.5. The molecule has 0 saturated heterocycles. The number of fused-ring (bicyclic) bond motifs is 1. The van der Waals surface area contributed by atoms with Crippen LogP contribution in [0.4, 0.5) is 0 Å². The Morgan fingerprint density at radius 3 is 2.42 bits per heavy atom. The fourth-order valence-corrected chi connectivity index (χ4v) is 2.21. The summed E-state index contributed by atoms with van der Waals surface area (Å²) in [4.78, 5) is 0. The second-order valence-electron chi connectivity index (χ2n) is 4.50. The summed E-state index contributed by atoms with van der Waals surface area (Å²) in [6.07, 6.45) is 4.10. The predicted molar refractivity (Wildman–Crippen MR) is 81.0 cm³/mol. The Kier molecular flexibility index (Phi) is 3.03. The minimum atomic E-state index is 0.292. The van der Waals surface area contributed by atoms with Gasteiger partial charge in [-0.15, -0.1) is 0 Å². The van der Waals surface area contributed by atoms with Crippen LogP contribution in [0.1, 0.15) is 11.1 Å². The van der Waals surface area contributed by atoms with Gasteiger partial charge in [0.1, 0.15) is 5.75 Å². The molecule has 3 aromatic rings. The average molecular weight is 246 g/mol. The van der Waals surface area contributed by atoms with E-state index >= 15 is 0 Å². The highest BCUT2D eigenvalue weighted by molar-refractivity contribution is 5.92. The van der Waals surface area contributed by atoms with Crippen LogP contribution in [0.25, 0.3) is 22.9 Å². The molecule has 0 fully saturated rings. The Balaban J connectivity index is 2.02. The molecule has 19 heavy (non-hydrogen) atoms. The van der Waals surface area contributed by atoms with Crippen molar-refractivity contribution in [3.8, 4) is 5.75 Å². The lowest BCUT2D eigenvalue weighted by atomic mass is 10.0. The molecule has 0 saturated carbocycles. The van der Waals surface area contributed by atoms with Crippen molar-refractivity contribution in [2.75, 3.05) is 0 Å². The third-order valence-corrected chi connectivity index (χ3v) is 3.15. The van der Waals surface area contributed by atoms with Crippen molar-refractivity contribution in [2.24, 2.45) is 0 Å². The van der Waals surface area contributed by atoms with Crippen molar-refractivity contribution in [1.82, 2.24) is 0 Å². The van der Waals surface area contributed by atoms with Crippen molar-refractivity contribution < 1.29 is 5.11 Å². The van der Waals surface area contributed by atoms with Gasteiger partial charge in [-0.3, -0.25) is 0 Å². The van der Waals surface area contributed by atoms with E-state index in [0.717, 1.165) is 5.56 Å². The Labute approximate surface area is 112 Å². The quantitative estimate of drug-likeness (QED) is 0.649. The van der Waals surface area contributed by atoms with Crippen LogP contribution in [0.15, 0.2) is 66.7 Å². The molecule has 0 bridgehead atoms. The fraction of sp³-hybridized carbons (Fsp3) is 0. The van der Waals surface area contributed by atoms with Gasteiger partial charge in [-0.05, 0) is 34.0 Å². The summed E-state index contributed by atoms with van der Waals surface area (Å²) in [5, 5.41) is 11.9. The van der Waals surface area contributed by atoms with Crippen LogP contribution in [-0.4, -0.2) is 5.11 Å². The molecule has 0 aliphatic carbocycles. The van der Waals surface area contributed by atoms with Gasteiger partial charge in [0, 0.05) is 0 Å². The van der Waals surface area contributed by atoms with E-state index in [1.807, 2.05) is 30.3 Å². The van der Waals surface area contributed by atoms with Gasteiger partial charge in [0.05, 0.1) is 0 Å². The van der Waals surface area contributed by atoms with Crippen LogP contribution in [0.5, 0.6) is 5.75 Å². The Hall–Kier alpha value is -2.54. The lowest BCUT2D eigenvalue weighted by Crippen LogP contribution is -1.77. The third kappa shape index (κ3) is 2.50. The maximum Gasteiger partial charge on any atom is 0.116 e. The van der Waals surface area contributed by atoms with E-state index in [0.29, 0.717) is 5.75 Å². The van der Waals surface area contributed by atoms with E-state index in [-0.39, 0.29) is 0 Å². The maximum absolute atomic E-state index is 9.45. The minimum Gasteiger partial charge on any atom is -0.508 e. The second-order valence-corrected chi connectivity index (χ2v) is 4.50. The third-order valence-electron chi connectivity index (χ3n) is 3.15. The number of hydrogen-bond donors (Lipinski definition) is 1. The predicted octanol–water partition coefficient (Wildman–Crippen LogP) is 4.72. The van der Waals surface area contributed by atoms with E-state index in [1.54, 1.807) is 12.1 Å². The molecule has 0 spiro atoms. The van der Waals surface area contributed by atoms with Gasteiger partial charge < -0.3 is 5.11 Å². The standard InChI is InChI=1S/C18H14O/c19-17-9-3-5-14(13-17)11-12-16-8-4-7-15-6-1-2-10-18(15)16/h1-13,19H. The van der Waals surface area contributed by atoms with Crippen LogP contribution in [-0.2, 0) is 0 Å². The summed E-state index contributed by atoms with van der Waals surface area (Å²) in [5.41, 5.74) is 2.18. The number of aromatic hydroxyl groups is 1. The van der Waals surface area contributed by atoms with Gasteiger partial charge in [-0.1, -0.05) is 66.7 Å². The normalized spacial score (nSPS) is 11.2. The van der Waals surface area contributed by atoms with E-state index in [2.05, 4.69) is 36.4 Å². The summed E-state index contributed by atoms with van der Waals surface area (Å²) < 4.78 is 0. The largest absolute Gasteiger partial charge is 0.508 e. The highest BCUT2D eigenvalue weighted by atomic mass is 16.3. The Bertz CT molecular complexity index is 736. The number of phenols is 1. The monoisotopic (exact) mass is 246 g/mol. The molecule has 3 aromatic carbocycles. The molecule has 0 aliphatic heterocycles. The number of phenolic OH excluding ortho intramolecular Hbond substituents is 1. The summed E-state index contributed by atoms with van der Waals surface area (Å²) in [7, 11) is 0. The number of rotatable bonds is 2. The molecule has 0 aliphatic rings. The molecule has 92 valence electrons. The van der Waals surface area contributed by atoms with Gasteiger partial charge in [0.2, 0.25) is 0 Å². The highest BCUT2D eigenvalue weighted by Gasteiger charge is 1.96. The fourth-order valence-electron chi connectivity index (χ4n) is 2.21. The molecule has 0 amide bonds. The molecule has 1 nitrogen and oxygen atoms in total. The SMILES string of the molecule is Oc1cccc(C=Cc2cccc3ccccc23)c1. The second kappa shape index (κ2) is 4.99. The molecule has 3 rings (SSSR count). The first-order valence-corrected chi connectivity index (χ1v) is 6.28. The van der Waals surface area contributed by atoms with Crippen molar-refractivity contribution in [2.45, 2.75) is 0 Å². The zero-order chi connectivity index (χ0) is 13.1. The summed E-state index contributed by atoms with van der Waals surface area (Å²) in [6, 6.07) is 21.8. The van der Waals surface area contributed by atoms with Crippen molar-refractivity contribution in [1.29, 1.82) is 0 Å². The topological polar surface area (TPSA) is 20.2 Å². The van der Waals surface area contributed by atoms with Crippen LogP contribution < -0.4 is 0 Å². The van der Waals surface area contributed by atoms with Crippen molar-refractivity contribution >= 4 is 22.9 Å². The maximum atomic E-state index is 9.45. The molecule has 0 atom stereocenters. The molecule has 0 radical (unpaired) electrons. The van der Waals surface area contributed by atoms with Crippen LogP contribution >= 0.6 is 0 Å². The lowest BCUT2D eigenvalue weighted by Gasteiger charge is -2.01. The van der Waals surface area contributed by atoms with Gasteiger partial charge in [-0.25, -0.2) is 0 Å². The lowest BCUT2D eigenvalue weighted by molar-refractivity contribution is 0.475. The first-order valence-electron chi connectivity index (χ1n) is 6.28. The van der Waals surface area contributed by atoms with Crippen LogP contribution in [0.2, 0.25) is 0 Å². The van der Waals surface area contributed by atoms with Gasteiger partial charge in [-0.2, -0.15) is 0 Å². The van der Waals surface area contributed by atoms with Gasteiger partial charge in [0.25, 0.3) is 0 Å². The Morgan fingerprint density at radius 2 is 1.53 bits per heavy atom. The van der Waals surface area contributed by atoms with E-state index in [1.165, 1.54) is 16.3 Å². The molecule has 1 heteroatoms.